The maximum absolute atomic E-state index is 3.63. The van der Waals surface area contributed by atoms with Gasteiger partial charge in [-0.05, 0) is 37.0 Å². The van der Waals surface area contributed by atoms with Crippen molar-refractivity contribution in [1.82, 2.24) is 0 Å². The van der Waals surface area contributed by atoms with Crippen LogP contribution >= 0.6 is 0 Å². The fraction of sp³-hybridized carbons (Fsp3) is 0.333. The largest absolute Gasteiger partial charge is 0.378 e. The van der Waals surface area contributed by atoms with Crippen molar-refractivity contribution < 1.29 is 0 Å². The Labute approximate surface area is 116 Å². The average molecular weight is 253 g/mol. The molecule has 2 aromatic carbocycles. The molecule has 0 saturated carbocycles. The summed E-state index contributed by atoms with van der Waals surface area (Å²) in [5, 5.41) is 3.63. The van der Waals surface area contributed by atoms with E-state index in [1.54, 1.807) is 0 Å². The number of hydrogen-bond acceptors (Lipinski definition) is 1. The van der Waals surface area contributed by atoms with Crippen molar-refractivity contribution >= 4 is 5.69 Å². The number of para-hydroxylation sites is 1. The second-order valence-electron chi connectivity index (χ2n) is 5.52. The van der Waals surface area contributed by atoms with Crippen molar-refractivity contribution in [2.45, 2.75) is 39.7 Å². The molecule has 1 unspecified atom stereocenters. The minimum Gasteiger partial charge on any atom is -0.378 e. The van der Waals surface area contributed by atoms with Crippen molar-refractivity contribution in [3.8, 4) is 0 Å². The Morgan fingerprint density at radius 3 is 2.11 bits per heavy atom. The third kappa shape index (κ3) is 3.37. The Hall–Kier alpha value is -1.76. The summed E-state index contributed by atoms with van der Waals surface area (Å²) in [6.07, 6.45) is 0. The second kappa shape index (κ2) is 5.92. The van der Waals surface area contributed by atoms with Gasteiger partial charge in [-0.1, -0.05) is 61.9 Å². The molecule has 1 nitrogen and oxygen atoms in total. The van der Waals surface area contributed by atoms with Crippen LogP contribution in [-0.4, -0.2) is 0 Å². The summed E-state index contributed by atoms with van der Waals surface area (Å²) >= 11 is 0. The Morgan fingerprint density at radius 1 is 0.842 bits per heavy atom. The normalized spacial score (nSPS) is 12.5. The van der Waals surface area contributed by atoms with E-state index >= 15 is 0 Å². The van der Waals surface area contributed by atoms with Crippen LogP contribution in [0.25, 0.3) is 0 Å². The van der Waals surface area contributed by atoms with Crippen LogP contribution in [0, 0.1) is 6.92 Å². The van der Waals surface area contributed by atoms with Crippen molar-refractivity contribution in [1.29, 1.82) is 0 Å². The molecule has 2 aromatic rings. The number of anilines is 1. The first-order valence-corrected chi connectivity index (χ1v) is 7.00. The van der Waals surface area contributed by atoms with E-state index in [9.17, 15) is 0 Å². The van der Waals surface area contributed by atoms with Gasteiger partial charge >= 0.3 is 0 Å². The molecule has 0 saturated heterocycles. The first-order valence-electron chi connectivity index (χ1n) is 7.00. The van der Waals surface area contributed by atoms with E-state index in [1.807, 2.05) is 0 Å². The monoisotopic (exact) mass is 253 g/mol. The molecule has 0 aliphatic rings. The molecule has 1 N–H and O–H groups in total. The third-order valence-corrected chi connectivity index (χ3v) is 3.53. The zero-order valence-corrected chi connectivity index (χ0v) is 12.3. The molecule has 1 atom stereocenters. The van der Waals surface area contributed by atoms with Gasteiger partial charge in [-0.25, -0.2) is 0 Å². The molecule has 0 aromatic heterocycles. The number of hydrogen-bond donors (Lipinski definition) is 1. The van der Waals surface area contributed by atoms with Crippen LogP contribution in [-0.2, 0) is 0 Å². The molecule has 0 heterocycles. The molecule has 0 radical (unpaired) electrons. The van der Waals surface area contributed by atoms with Gasteiger partial charge in [0.25, 0.3) is 0 Å². The summed E-state index contributed by atoms with van der Waals surface area (Å²) < 4.78 is 0. The molecule has 0 amide bonds. The van der Waals surface area contributed by atoms with Crippen molar-refractivity contribution in [3.05, 3.63) is 65.2 Å². The van der Waals surface area contributed by atoms with E-state index in [1.165, 1.54) is 22.4 Å². The summed E-state index contributed by atoms with van der Waals surface area (Å²) in [7, 11) is 0. The molecule has 0 bridgehead atoms. The molecular weight excluding hydrogens is 230 g/mol. The molecule has 1 heteroatoms. The lowest BCUT2D eigenvalue weighted by Crippen LogP contribution is -2.08. The van der Waals surface area contributed by atoms with E-state index in [2.05, 4.69) is 81.5 Å². The predicted octanol–water partition coefficient (Wildman–Crippen LogP) is 5.29. The lowest BCUT2D eigenvalue weighted by Gasteiger charge is -2.20. The molecular formula is C18H23N. The summed E-state index contributed by atoms with van der Waals surface area (Å²) in [6, 6.07) is 17.6. The minimum absolute atomic E-state index is 0.320. The molecule has 2 rings (SSSR count). The highest BCUT2D eigenvalue weighted by Crippen LogP contribution is 2.27. The van der Waals surface area contributed by atoms with Gasteiger partial charge in [0.15, 0.2) is 0 Å². The van der Waals surface area contributed by atoms with Gasteiger partial charge in [-0.3, -0.25) is 0 Å². The molecule has 0 aliphatic carbocycles. The van der Waals surface area contributed by atoms with E-state index < -0.39 is 0 Å². The van der Waals surface area contributed by atoms with Crippen LogP contribution in [0.1, 0.15) is 49.4 Å². The topological polar surface area (TPSA) is 12.0 Å². The highest BCUT2D eigenvalue weighted by molar-refractivity contribution is 5.54. The zero-order valence-electron chi connectivity index (χ0n) is 12.3. The number of benzene rings is 2. The molecule has 100 valence electrons. The standard InChI is InChI=1S/C18H23N/c1-13(2)17-7-5-6-8-18(17)19-15(4)16-11-9-14(3)10-12-16/h5-13,15,19H,1-4H3. The summed E-state index contributed by atoms with van der Waals surface area (Å²) in [4.78, 5) is 0. The smallest absolute Gasteiger partial charge is 0.0485 e. The van der Waals surface area contributed by atoms with Crippen molar-refractivity contribution in [2.24, 2.45) is 0 Å². The van der Waals surface area contributed by atoms with Crippen LogP contribution in [0.3, 0.4) is 0 Å². The van der Waals surface area contributed by atoms with E-state index in [-0.39, 0.29) is 0 Å². The number of nitrogens with one attached hydrogen (secondary N) is 1. The average Bonchev–Trinajstić information content (AvgIpc) is 2.39. The maximum Gasteiger partial charge on any atom is 0.0485 e. The van der Waals surface area contributed by atoms with Gasteiger partial charge in [0.1, 0.15) is 0 Å². The lowest BCUT2D eigenvalue weighted by molar-refractivity contribution is 0.841. The predicted molar refractivity (Wildman–Crippen MR) is 83.7 cm³/mol. The Balaban J connectivity index is 2.19. The second-order valence-corrected chi connectivity index (χ2v) is 5.52. The van der Waals surface area contributed by atoms with Crippen molar-refractivity contribution in [2.75, 3.05) is 5.32 Å². The number of rotatable bonds is 4. The first kappa shape index (κ1) is 13.7. The first-order chi connectivity index (χ1) is 9.08. The lowest BCUT2D eigenvalue weighted by atomic mass is 10.00. The Kier molecular flexibility index (Phi) is 4.26. The van der Waals surface area contributed by atoms with Crippen LogP contribution in [0.5, 0.6) is 0 Å². The highest BCUT2D eigenvalue weighted by Gasteiger charge is 2.09. The van der Waals surface area contributed by atoms with Crippen LogP contribution in [0.15, 0.2) is 48.5 Å². The van der Waals surface area contributed by atoms with Crippen LogP contribution in [0.2, 0.25) is 0 Å². The quantitative estimate of drug-likeness (QED) is 0.780. The van der Waals surface area contributed by atoms with Gasteiger partial charge in [0.05, 0.1) is 0 Å². The van der Waals surface area contributed by atoms with Gasteiger partial charge in [-0.2, -0.15) is 0 Å². The third-order valence-electron chi connectivity index (χ3n) is 3.53. The van der Waals surface area contributed by atoms with E-state index in [4.69, 9.17) is 0 Å². The summed E-state index contributed by atoms with van der Waals surface area (Å²) in [5.74, 6) is 0.536. The molecule has 0 fully saturated rings. The molecule has 0 spiro atoms. The summed E-state index contributed by atoms with van der Waals surface area (Å²) in [6.45, 7) is 8.80. The van der Waals surface area contributed by atoms with Gasteiger partial charge in [-0.15, -0.1) is 0 Å². The van der Waals surface area contributed by atoms with E-state index in [0.717, 1.165) is 0 Å². The van der Waals surface area contributed by atoms with Crippen LogP contribution in [0.4, 0.5) is 5.69 Å². The molecule has 19 heavy (non-hydrogen) atoms. The van der Waals surface area contributed by atoms with Gasteiger partial charge < -0.3 is 5.32 Å². The minimum atomic E-state index is 0.320. The number of aryl methyl sites for hydroxylation is 1. The van der Waals surface area contributed by atoms with Crippen LogP contribution < -0.4 is 5.32 Å². The Morgan fingerprint density at radius 2 is 1.47 bits per heavy atom. The molecule has 0 aliphatic heterocycles. The fourth-order valence-electron chi connectivity index (χ4n) is 2.30. The van der Waals surface area contributed by atoms with Gasteiger partial charge in [0.2, 0.25) is 0 Å². The summed E-state index contributed by atoms with van der Waals surface area (Å²) in [5.41, 5.74) is 5.25. The van der Waals surface area contributed by atoms with Gasteiger partial charge in [0, 0.05) is 11.7 Å². The fourth-order valence-corrected chi connectivity index (χ4v) is 2.30. The zero-order chi connectivity index (χ0) is 13.8. The Bertz CT molecular complexity index is 526. The maximum atomic E-state index is 3.63. The highest BCUT2D eigenvalue weighted by atomic mass is 14.9. The van der Waals surface area contributed by atoms with E-state index in [0.29, 0.717) is 12.0 Å². The SMILES string of the molecule is Cc1ccc(C(C)Nc2ccccc2C(C)C)cc1. The van der Waals surface area contributed by atoms with Crippen molar-refractivity contribution in [3.63, 3.8) is 0 Å².